The first-order valence-corrected chi connectivity index (χ1v) is 7.58. The van der Waals surface area contributed by atoms with Gasteiger partial charge in [-0.15, -0.1) is 12.4 Å². The molecule has 1 aromatic rings. The van der Waals surface area contributed by atoms with Crippen LogP contribution < -0.4 is 15.8 Å². The van der Waals surface area contributed by atoms with E-state index in [1.54, 1.807) is 0 Å². The first-order chi connectivity index (χ1) is 10.5. The highest BCUT2D eigenvalue weighted by molar-refractivity contribution is 5.85. The minimum absolute atomic E-state index is 0. The fraction of sp³-hybridized carbons (Fsp3) is 0.562. The number of nitrogens with two attached hydrogens (primary N) is 1. The Kier molecular flexibility index (Phi) is 7.75. The summed E-state index contributed by atoms with van der Waals surface area (Å²) in [7, 11) is 0. The molecule has 0 spiro atoms. The zero-order valence-electron chi connectivity index (χ0n) is 13.4. The number of ether oxygens (including phenoxy) is 2. The van der Waals surface area contributed by atoms with E-state index in [0.717, 1.165) is 12.0 Å². The molecule has 1 heterocycles. The topological polar surface area (TPSA) is 73.6 Å². The second-order valence-corrected chi connectivity index (χ2v) is 5.62. The number of hydrogen-bond acceptors (Lipinski definition) is 4. The van der Waals surface area contributed by atoms with Gasteiger partial charge in [0.2, 0.25) is 5.91 Å². The lowest BCUT2D eigenvalue weighted by atomic mass is 9.99. The molecule has 0 saturated carbocycles. The van der Waals surface area contributed by atoms with Gasteiger partial charge in [0.1, 0.15) is 11.6 Å². The largest absolute Gasteiger partial charge is 0.467 e. The van der Waals surface area contributed by atoms with Gasteiger partial charge in [-0.2, -0.15) is 0 Å². The molecule has 5 nitrogen and oxygen atoms in total. The normalized spacial score (nSPS) is 15.7. The van der Waals surface area contributed by atoms with Crippen LogP contribution >= 0.6 is 12.4 Å². The van der Waals surface area contributed by atoms with Crippen LogP contribution in [0.3, 0.4) is 0 Å². The Morgan fingerprint density at radius 1 is 1.48 bits per heavy atom. The van der Waals surface area contributed by atoms with Crippen molar-refractivity contribution in [1.29, 1.82) is 0 Å². The summed E-state index contributed by atoms with van der Waals surface area (Å²) in [4.78, 5) is 11.9. The zero-order chi connectivity index (χ0) is 16.1. The Bertz CT molecular complexity index is 542. The summed E-state index contributed by atoms with van der Waals surface area (Å²) in [6.45, 7) is 4.84. The van der Waals surface area contributed by atoms with Crippen LogP contribution in [-0.4, -0.2) is 25.3 Å². The number of nitrogens with one attached hydrogen (secondary N) is 1. The van der Waals surface area contributed by atoms with Crippen molar-refractivity contribution < 1.29 is 18.7 Å². The molecule has 3 N–H and O–H groups in total. The average Bonchev–Trinajstić information content (AvgIpc) is 2.52. The van der Waals surface area contributed by atoms with Gasteiger partial charge in [0.15, 0.2) is 6.79 Å². The van der Waals surface area contributed by atoms with E-state index < -0.39 is 6.04 Å². The molecular weight excluding hydrogens is 323 g/mol. The third-order valence-corrected chi connectivity index (χ3v) is 4.01. The molecule has 0 radical (unpaired) electrons. The molecule has 0 aliphatic carbocycles. The Morgan fingerprint density at radius 2 is 2.22 bits per heavy atom. The summed E-state index contributed by atoms with van der Waals surface area (Å²) >= 11 is 0. The lowest BCUT2D eigenvalue weighted by Gasteiger charge is -2.21. The fourth-order valence-corrected chi connectivity index (χ4v) is 2.39. The van der Waals surface area contributed by atoms with E-state index in [2.05, 4.69) is 5.32 Å². The van der Waals surface area contributed by atoms with Crippen molar-refractivity contribution in [2.75, 3.05) is 13.3 Å². The first kappa shape index (κ1) is 19.7. The smallest absolute Gasteiger partial charge is 0.237 e. The number of hydrogen-bond donors (Lipinski definition) is 2. The number of carbonyl (C=O) groups is 1. The van der Waals surface area contributed by atoms with Gasteiger partial charge in [-0.3, -0.25) is 4.79 Å². The Morgan fingerprint density at radius 3 is 2.91 bits per heavy atom. The van der Waals surface area contributed by atoms with E-state index in [9.17, 15) is 9.18 Å². The quantitative estimate of drug-likeness (QED) is 0.827. The van der Waals surface area contributed by atoms with Crippen LogP contribution in [0.15, 0.2) is 12.1 Å². The fourth-order valence-electron chi connectivity index (χ4n) is 2.39. The van der Waals surface area contributed by atoms with Crippen LogP contribution in [0.1, 0.15) is 31.4 Å². The maximum Gasteiger partial charge on any atom is 0.237 e. The molecule has 23 heavy (non-hydrogen) atoms. The molecule has 0 aromatic heterocycles. The second-order valence-electron chi connectivity index (χ2n) is 5.62. The number of rotatable bonds is 6. The van der Waals surface area contributed by atoms with Crippen molar-refractivity contribution in [1.82, 2.24) is 5.32 Å². The SMILES string of the molecule is CCC(C)C(N)C(=O)NCCc1cc(F)cc2c1OCOC2.Cl. The minimum Gasteiger partial charge on any atom is -0.467 e. The van der Waals surface area contributed by atoms with E-state index in [1.165, 1.54) is 12.1 Å². The van der Waals surface area contributed by atoms with E-state index in [1.807, 2.05) is 13.8 Å². The number of amides is 1. The maximum absolute atomic E-state index is 13.6. The van der Waals surface area contributed by atoms with Gasteiger partial charge < -0.3 is 20.5 Å². The molecule has 1 aromatic carbocycles. The summed E-state index contributed by atoms with van der Waals surface area (Å²) in [5, 5.41) is 2.80. The standard InChI is InChI=1S/C16H23FN2O3.ClH/c1-3-10(2)14(18)16(20)19-5-4-11-6-13(17)7-12-8-21-9-22-15(11)12;/h6-7,10,14H,3-5,8-9,18H2,1-2H3,(H,19,20);1H. The van der Waals surface area contributed by atoms with Crippen LogP contribution in [0.5, 0.6) is 5.75 Å². The van der Waals surface area contributed by atoms with Crippen molar-refractivity contribution in [2.24, 2.45) is 11.7 Å². The summed E-state index contributed by atoms with van der Waals surface area (Å²) in [5.74, 6) is 0.282. The lowest BCUT2D eigenvalue weighted by molar-refractivity contribution is -0.123. The van der Waals surface area contributed by atoms with Gasteiger partial charge in [0, 0.05) is 12.1 Å². The summed E-state index contributed by atoms with van der Waals surface area (Å²) in [6, 6.07) is 2.33. The highest BCUT2D eigenvalue weighted by atomic mass is 35.5. The highest BCUT2D eigenvalue weighted by Gasteiger charge is 2.20. The van der Waals surface area contributed by atoms with Crippen molar-refractivity contribution in [3.8, 4) is 5.75 Å². The number of benzene rings is 1. The molecule has 1 aliphatic heterocycles. The summed E-state index contributed by atoms with van der Waals surface area (Å²) in [5.41, 5.74) is 7.30. The highest BCUT2D eigenvalue weighted by Crippen LogP contribution is 2.29. The van der Waals surface area contributed by atoms with Gasteiger partial charge in [0.25, 0.3) is 0 Å². The monoisotopic (exact) mass is 346 g/mol. The van der Waals surface area contributed by atoms with E-state index in [0.29, 0.717) is 30.9 Å². The van der Waals surface area contributed by atoms with Crippen molar-refractivity contribution in [3.63, 3.8) is 0 Å². The van der Waals surface area contributed by atoms with Crippen LogP contribution in [0.25, 0.3) is 0 Å². The number of halogens is 2. The molecule has 0 saturated heterocycles. The maximum atomic E-state index is 13.6. The molecule has 0 fully saturated rings. The van der Waals surface area contributed by atoms with Gasteiger partial charge >= 0.3 is 0 Å². The molecular formula is C16H24ClFN2O3. The van der Waals surface area contributed by atoms with Crippen LogP contribution in [0, 0.1) is 11.7 Å². The lowest BCUT2D eigenvalue weighted by Crippen LogP contribution is -2.45. The van der Waals surface area contributed by atoms with Crippen LogP contribution in [-0.2, 0) is 22.6 Å². The molecule has 1 amide bonds. The third kappa shape index (κ3) is 5.06. The van der Waals surface area contributed by atoms with Crippen molar-refractivity contribution in [2.45, 2.75) is 39.3 Å². The molecule has 2 atom stereocenters. The predicted molar refractivity (Wildman–Crippen MR) is 88.1 cm³/mol. The van der Waals surface area contributed by atoms with E-state index in [4.69, 9.17) is 15.2 Å². The molecule has 0 bridgehead atoms. The molecule has 2 unspecified atom stereocenters. The Labute approximate surface area is 142 Å². The molecule has 7 heteroatoms. The van der Waals surface area contributed by atoms with Gasteiger partial charge in [-0.1, -0.05) is 20.3 Å². The summed E-state index contributed by atoms with van der Waals surface area (Å²) in [6.07, 6.45) is 1.33. The van der Waals surface area contributed by atoms with Gasteiger partial charge in [-0.25, -0.2) is 4.39 Å². The van der Waals surface area contributed by atoms with Crippen molar-refractivity contribution >= 4 is 18.3 Å². The molecule has 2 rings (SSSR count). The molecule has 130 valence electrons. The minimum atomic E-state index is -0.518. The second kappa shape index (κ2) is 9.05. The van der Waals surface area contributed by atoms with E-state index >= 15 is 0 Å². The zero-order valence-corrected chi connectivity index (χ0v) is 14.2. The van der Waals surface area contributed by atoms with Gasteiger partial charge in [-0.05, 0) is 30.0 Å². The Hall–Kier alpha value is -1.37. The van der Waals surface area contributed by atoms with E-state index in [-0.39, 0.29) is 36.8 Å². The average molecular weight is 347 g/mol. The van der Waals surface area contributed by atoms with Crippen molar-refractivity contribution in [3.05, 3.63) is 29.1 Å². The van der Waals surface area contributed by atoms with Crippen LogP contribution in [0.4, 0.5) is 4.39 Å². The number of carbonyl (C=O) groups excluding carboxylic acids is 1. The molecule has 1 aliphatic rings. The third-order valence-electron chi connectivity index (χ3n) is 4.01. The predicted octanol–water partition coefficient (Wildman–Crippen LogP) is 2.15. The Balaban J connectivity index is 0.00000264. The first-order valence-electron chi connectivity index (χ1n) is 7.58. The summed E-state index contributed by atoms with van der Waals surface area (Å²) < 4.78 is 24.2. The van der Waals surface area contributed by atoms with Gasteiger partial charge in [0.05, 0.1) is 12.6 Å². The van der Waals surface area contributed by atoms with Crippen LogP contribution in [0.2, 0.25) is 0 Å². The number of fused-ring (bicyclic) bond motifs is 1.